The van der Waals surface area contributed by atoms with E-state index in [1.165, 1.54) is 5.56 Å². The number of halogens is 1. The average Bonchev–Trinajstić information content (AvgIpc) is 2.83. The van der Waals surface area contributed by atoms with Crippen LogP contribution in [0.3, 0.4) is 0 Å². The predicted octanol–water partition coefficient (Wildman–Crippen LogP) is 4.80. The molecule has 1 aliphatic rings. The van der Waals surface area contributed by atoms with Crippen molar-refractivity contribution in [2.75, 3.05) is 50.9 Å². The van der Waals surface area contributed by atoms with Crippen LogP contribution in [0.1, 0.15) is 26.3 Å². The molecule has 1 aliphatic heterocycles. The molecule has 0 amide bonds. The Hall–Kier alpha value is -2.77. The fraction of sp³-hybridized carbons (Fsp3) is 0.440. The molecule has 2 aromatic carbocycles. The van der Waals surface area contributed by atoms with Crippen molar-refractivity contribution in [1.29, 1.82) is 0 Å². The molecule has 0 atom stereocenters. The highest BCUT2D eigenvalue weighted by atomic mass is 35.5. The minimum Gasteiger partial charge on any atom is -0.490 e. The second kappa shape index (κ2) is 10.9. The molecular weight excluding hydrogens is 440 g/mol. The van der Waals surface area contributed by atoms with Crippen molar-refractivity contribution in [3.8, 4) is 17.2 Å². The SMILES string of the molecule is CCOc1cc2ncnc(N3CCN(Cc4ccc(Cl)cc4)CC3)c2c(OCC)c1OCC. The van der Waals surface area contributed by atoms with Gasteiger partial charge < -0.3 is 19.1 Å². The van der Waals surface area contributed by atoms with Gasteiger partial charge in [0.05, 0.1) is 30.7 Å². The lowest BCUT2D eigenvalue weighted by Crippen LogP contribution is -2.46. The second-order valence-electron chi connectivity index (χ2n) is 7.81. The number of hydrogen-bond donors (Lipinski definition) is 0. The number of ether oxygens (including phenoxy) is 3. The Labute approximate surface area is 200 Å². The number of rotatable bonds is 9. The first-order chi connectivity index (χ1) is 16.1. The Bertz CT molecular complexity index is 1070. The Morgan fingerprint density at radius 3 is 2.18 bits per heavy atom. The molecule has 0 radical (unpaired) electrons. The first kappa shape index (κ1) is 23.4. The van der Waals surface area contributed by atoms with Gasteiger partial charge in [0.1, 0.15) is 12.1 Å². The molecule has 0 N–H and O–H groups in total. The van der Waals surface area contributed by atoms with Gasteiger partial charge in [-0.25, -0.2) is 9.97 Å². The van der Waals surface area contributed by atoms with Crippen molar-refractivity contribution >= 4 is 28.3 Å². The topological polar surface area (TPSA) is 60.0 Å². The lowest BCUT2D eigenvalue weighted by molar-refractivity contribution is 0.249. The van der Waals surface area contributed by atoms with E-state index in [2.05, 4.69) is 31.9 Å². The van der Waals surface area contributed by atoms with Gasteiger partial charge in [-0.1, -0.05) is 23.7 Å². The van der Waals surface area contributed by atoms with Crippen molar-refractivity contribution in [2.24, 2.45) is 0 Å². The van der Waals surface area contributed by atoms with E-state index in [4.69, 9.17) is 25.8 Å². The van der Waals surface area contributed by atoms with E-state index in [0.29, 0.717) is 37.1 Å². The zero-order chi connectivity index (χ0) is 23.2. The Morgan fingerprint density at radius 2 is 1.52 bits per heavy atom. The molecule has 8 heteroatoms. The highest BCUT2D eigenvalue weighted by Gasteiger charge is 2.26. The van der Waals surface area contributed by atoms with Crippen LogP contribution >= 0.6 is 11.6 Å². The molecule has 7 nitrogen and oxygen atoms in total. The minimum atomic E-state index is 0.508. The summed E-state index contributed by atoms with van der Waals surface area (Å²) in [6, 6.07) is 10.00. The number of fused-ring (bicyclic) bond motifs is 1. The van der Waals surface area contributed by atoms with E-state index in [9.17, 15) is 0 Å². The lowest BCUT2D eigenvalue weighted by Gasteiger charge is -2.36. The summed E-state index contributed by atoms with van der Waals surface area (Å²) in [6.07, 6.45) is 1.61. The van der Waals surface area contributed by atoms with Gasteiger partial charge in [0, 0.05) is 43.8 Å². The quantitative estimate of drug-likeness (QED) is 0.445. The second-order valence-corrected chi connectivity index (χ2v) is 8.25. The number of nitrogens with zero attached hydrogens (tertiary/aromatic N) is 4. The molecule has 33 heavy (non-hydrogen) atoms. The summed E-state index contributed by atoms with van der Waals surface area (Å²) >= 11 is 6.02. The summed E-state index contributed by atoms with van der Waals surface area (Å²) in [5, 5.41) is 1.64. The van der Waals surface area contributed by atoms with Crippen LogP contribution in [0.15, 0.2) is 36.7 Å². The predicted molar refractivity (Wildman–Crippen MR) is 132 cm³/mol. The van der Waals surface area contributed by atoms with Gasteiger partial charge in [0.2, 0.25) is 5.75 Å². The molecule has 1 aromatic heterocycles. The van der Waals surface area contributed by atoms with E-state index < -0.39 is 0 Å². The van der Waals surface area contributed by atoms with Gasteiger partial charge in [0.25, 0.3) is 0 Å². The van der Waals surface area contributed by atoms with Crippen molar-refractivity contribution < 1.29 is 14.2 Å². The molecule has 0 bridgehead atoms. The summed E-state index contributed by atoms with van der Waals surface area (Å²) in [5.74, 6) is 2.79. The largest absolute Gasteiger partial charge is 0.490 e. The number of benzene rings is 2. The zero-order valence-electron chi connectivity index (χ0n) is 19.5. The molecular formula is C25H31ClN4O3. The molecule has 0 unspecified atom stereocenters. The first-order valence-electron chi connectivity index (χ1n) is 11.6. The van der Waals surface area contributed by atoms with Gasteiger partial charge in [-0.05, 0) is 38.5 Å². The summed E-state index contributed by atoms with van der Waals surface area (Å²) in [6.45, 7) is 11.9. The first-order valence-corrected chi connectivity index (χ1v) is 11.9. The van der Waals surface area contributed by atoms with Crippen molar-refractivity contribution in [3.05, 3.63) is 47.2 Å². The third-order valence-electron chi connectivity index (χ3n) is 5.65. The molecule has 4 rings (SSSR count). The summed E-state index contributed by atoms with van der Waals surface area (Å²) < 4.78 is 17.9. The Morgan fingerprint density at radius 1 is 0.848 bits per heavy atom. The maximum absolute atomic E-state index is 6.10. The molecule has 1 fully saturated rings. The zero-order valence-corrected chi connectivity index (χ0v) is 20.3. The fourth-order valence-electron chi connectivity index (χ4n) is 4.16. The highest BCUT2D eigenvalue weighted by Crippen LogP contribution is 2.46. The van der Waals surface area contributed by atoms with Crippen LogP contribution in [-0.2, 0) is 6.54 Å². The Balaban J connectivity index is 1.62. The number of aromatic nitrogens is 2. The van der Waals surface area contributed by atoms with Gasteiger partial charge >= 0.3 is 0 Å². The van der Waals surface area contributed by atoms with Gasteiger partial charge in [-0.2, -0.15) is 0 Å². The van der Waals surface area contributed by atoms with Crippen LogP contribution in [0, 0.1) is 0 Å². The van der Waals surface area contributed by atoms with Crippen LogP contribution in [0.25, 0.3) is 10.9 Å². The molecule has 176 valence electrons. The van der Waals surface area contributed by atoms with E-state index >= 15 is 0 Å². The number of hydrogen-bond acceptors (Lipinski definition) is 7. The molecule has 0 aliphatic carbocycles. The highest BCUT2D eigenvalue weighted by molar-refractivity contribution is 6.30. The van der Waals surface area contributed by atoms with Crippen molar-refractivity contribution in [2.45, 2.75) is 27.3 Å². The maximum atomic E-state index is 6.10. The lowest BCUT2D eigenvalue weighted by atomic mass is 10.1. The van der Waals surface area contributed by atoms with Crippen molar-refractivity contribution in [1.82, 2.24) is 14.9 Å². The van der Waals surface area contributed by atoms with E-state index in [-0.39, 0.29) is 0 Å². The molecule has 0 saturated carbocycles. The smallest absolute Gasteiger partial charge is 0.204 e. The van der Waals surface area contributed by atoms with Gasteiger partial charge in [-0.3, -0.25) is 4.90 Å². The van der Waals surface area contributed by atoms with Gasteiger partial charge in [-0.15, -0.1) is 0 Å². The monoisotopic (exact) mass is 470 g/mol. The average molecular weight is 471 g/mol. The van der Waals surface area contributed by atoms with E-state index in [0.717, 1.165) is 54.5 Å². The third kappa shape index (κ3) is 5.25. The van der Waals surface area contributed by atoms with Crippen LogP contribution < -0.4 is 19.1 Å². The van der Waals surface area contributed by atoms with E-state index in [1.54, 1.807) is 6.33 Å². The molecule has 2 heterocycles. The van der Waals surface area contributed by atoms with Crippen LogP contribution in [0.4, 0.5) is 5.82 Å². The third-order valence-corrected chi connectivity index (χ3v) is 5.90. The maximum Gasteiger partial charge on any atom is 0.204 e. The van der Waals surface area contributed by atoms with Crippen LogP contribution in [0.5, 0.6) is 17.2 Å². The number of anilines is 1. The normalized spacial score (nSPS) is 14.5. The van der Waals surface area contributed by atoms with Gasteiger partial charge in [0.15, 0.2) is 11.5 Å². The Kier molecular flexibility index (Phi) is 7.73. The summed E-state index contributed by atoms with van der Waals surface area (Å²) in [7, 11) is 0. The standard InChI is InChI=1S/C25H31ClN4O3/c1-4-31-21-15-20-22(24(33-6-3)23(21)32-5-2)25(28-17-27-20)30-13-11-29(12-14-30)16-18-7-9-19(26)10-8-18/h7-10,15,17H,4-6,11-14,16H2,1-3H3. The van der Waals surface area contributed by atoms with E-state index in [1.807, 2.05) is 39.0 Å². The molecule has 1 saturated heterocycles. The molecule has 0 spiro atoms. The molecule has 3 aromatic rings. The van der Waals surface area contributed by atoms with Crippen LogP contribution in [-0.4, -0.2) is 60.9 Å². The minimum absolute atomic E-state index is 0.508. The summed E-state index contributed by atoms with van der Waals surface area (Å²) in [4.78, 5) is 14.0. The number of piperazine rings is 1. The fourth-order valence-corrected chi connectivity index (χ4v) is 4.29. The summed E-state index contributed by atoms with van der Waals surface area (Å²) in [5.41, 5.74) is 2.06. The van der Waals surface area contributed by atoms with Crippen molar-refractivity contribution in [3.63, 3.8) is 0 Å². The van der Waals surface area contributed by atoms with Crippen LogP contribution in [0.2, 0.25) is 5.02 Å².